The first-order chi connectivity index (χ1) is 7.13. The molecule has 0 fully saturated rings. The maximum atomic E-state index is 6.41. The Morgan fingerprint density at radius 1 is 1.38 bits per heavy atom. The molecule has 94 valence electrons. The summed E-state index contributed by atoms with van der Waals surface area (Å²) in [6, 6.07) is 0. The lowest BCUT2D eigenvalue weighted by molar-refractivity contribution is 0.172. The molecule has 4 heteroatoms. The first-order valence-electron chi connectivity index (χ1n) is 5.81. The van der Waals surface area contributed by atoms with Crippen LogP contribution in [-0.4, -0.2) is 19.2 Å². The molecular weight excluding hydrogens is 348 g/mol. The van der Waals surface area contributed by atoms with E-state index < -0.39 is 8.32 Å². The Balaban J connectivity index is 2.63. The minimum Gasteiger partial charge on any atom is -0.414 e. The molecule has 0 bridgehead atoms. The zero-order valence-electron chi connectivity index (χ0n) is 10.8. The highest BCUT2D eigenvalue weighted by molar-refractivity contribution is 9.14. The van der Waals surface area contributed by atoms with Crippen LogP contribution >= 0.6 is 31.9 Å². The summed E-state index contributed by atoms with van der Waals surface area (Å²) >= 11 is 7.24. The van der Waals surface area contributed by atoms with Crippen molar-refractivity contribution in [2.75, 3.05) is 0 Å². The van der Waals surface area contributed by atoms with Crippen molar-refractivity contribution in [3.05, 3.63) is 10.6 Å². The van der Waals surface area contributed by atoms with Crippen molar-refractivity contribution in [2.45, 2.75) is 62.7 Å². The van der Waals surface area contributed by atoms with Gasteiger partial charge in [-0.05, 0) is 31.0 Å². The van der Waals surface area contributed by atoms with Crippen LogP contribution in [-0.2, 0) is 4.43 Å². The average Bonchev–Trinajstić information content (AvgIpc) is 2.09. The lowest BCUT2D eigenvalue weighted by Gasteiger charge is -2.40. The molecule has 0 aromatic rings. The molecule has 0 N–H and O–H groups in total. The van der Waals surface area contributed by atoms with Crippen molar-refractivity contribution < 1.29 is 4.43 Å². The zero-order valence-corrected chi connectivity index (χ0v) is 15.0. The van der Waals surface area contributed by atoms with Crippen molar-refractivity contribution in [3.63, 3.8) is 0 Å². The quantitative estimate of drug-likeness (QED) is 0.479. The van der Waals surface area contributed by atoms with Gasteiger partial charge in [-0.3, -0.25) is 0 Å². The van der Waals surface area contributed by atoms with Crippen LogP contribution in [0.15, 0.2) is 10.6 Å². The summed E-state index contributed by atoms with van der Waals surface area (Å²) in [4.78, 5) is 0.427. The van der Waals surface area contributed by atoms with Crippen molar-refractivity contribution in [2.24, 2.45) is 0 Å². The second-order valence-corrected chi connectivity index (χ2v) is 12.8. The largest absolute Gasteiger partial charge is 0.414 e. The Hall–Kier alpha value is 0.877. The van der Waals surface area contributed by atoms with E-state index in [-0.39, 0.29) is 0 Å². The molecule has 0 amide bonds. The van der Waals surface area contributed by atoms with Gasteiger partial charge in [0.1, 0.15) is 0 Å². The van der Waals surface area contributed by atoms with E-state index in [0.717, 1.165) is 12.8 Å². The van der Waals surface area contributed by atoms with E-state index >= 15 is 0 Å². The molecule has 2 atom stereocenters. The van der Waals surface area contributed by atoms with Crippen LogP contribution in [0.1, 0.15) is 33.6 Å². The van der Waals surface area contributed by atoms with Gasteiger partial charge in [-0.2, -0.15) is 0 Å². The number of hydrogen-bond acceptors (Lipinski definition) is 1. The Morgan fingerprint density at radius 2 is 1.94 bits per heavy atom. The van der Waals surface area contributed by atoms with Gasteiger partial charge < -0.3 is 4.43 Å². The number of rotatable bonds is 2. The molecule has 0 aromatic carbocycles. The van der Waals surface area contributed by atoms with Gasteiger partial charge in [0.05, 0.1) is 0 Å². The van der Waals surface area contributed by atoms with Gasteiger partial charge in [0.2, 0.25) is 0 Å². The van der Waals surface area contributed by atoms with E-state index in [9.17, 15) is 0 Å². The van der Waals surface area contributed by atoms with Crippen molar-refractivity contribution in [3.8, 4) is 0 Å². The van der Waals surface area contributed by atoms with Crippen LogP contribution in [0.4, 0.5) is 0 Å². The van der Waals surface area contributed by atoms with E-state index in [1.54, 1.807) is 0 Å². The summed E-state index contributed by atoms with van der Waals surface area (Å²) in [5.41, 5.74) is 0. The molecule has 2 unspecified atom stereocenters. The molecule has 0 radical (unpaired) electrons. The molecule has 0 saturated heterocycles. The maximum absolute atomic E-state index is 6.41. The van der Waals surface area contributed by atoms with Gasteiger partial charge in [-0.25, -0.2) is 0 Å². The summed E-state index contributed by atoms with van der Waals surface area (Å²) in [6.45, 7) is 11.5. The smallest absolute Gasteiger partial charge is 0.192 e. The fourth-order valence-corrected chi connectivity index (χ4v) is 3.86. The third kappa shape index (κ3) is 3.69. The SMILES string of the molecule is CC(C)(C)[Si](C)(C)OC1CC=C(Br)C(Br)C1. The highest BCUT2D eigenvalue weighted by Crippen LogP contribution is 2.40. The second kappa shape index (κ2) is 5.25. The van der Waals surface area contributed by atoms with Crippen LogP contribution in [0, 0.1) is 0 Å². The minimum absolute atomic E-state index is 0.299. The first kappa shape index (κ1) is 14.9. The number of allylic oxidation sites excluding steroid dienone is 1. The minimum atomic E-state index is -1.61. The van der Waals surface area contributed by atoms with Crippen molar-refractivity contribution >= 4 is 40.2 Å². The van der Waals surface area contributed by atoms with Crippen molar-refractivity contribution in [1.29, 1.82) is 0 Å². The van der Waals surface area contributed by atoms with Crippen LogP contribution in [0.2, 0.25) is 18.1 Å². The molecule has 16 heavy (non-hydrogen) atoms. The molecule has 1 aliphatic carbocycles. The summed E-state index contributed by atoms with van der Waals surface area (Å²) in [7, 11) is -1.61. The molecule has 1 rings (SSSR count). The molecule has 1 nitrogen and oxygen atoms in total. The lowest BCUT2D eigenvalue weighted by atomic mass is 10.1. The summed E-state index contributed by atoms with van der Waals surface area (Å²) < 4.78 is 7.67. The molecule has 0 heterocycles. The van der Waals surface area contributed by atoms with E-state index in [1.807, 2.05) is 0 Å². The van der Waals surface area contributed by atoms with Gasteiger partial charge >= 0.3 is 0 Å². The number of alkyl halides is 1. The maximum Gasteiger partial charge on any atom is 0.192 e. The fourth-order valence-electron chi connectivity index (χ4n) is 1.50. The molecule has 0 spiro atoms. The molecule has 0 aliphatic heterocycles. The molecular formula is C12H22Br2OSi. The third-order valence-corrected chi connectivity index (χ3v) is 10.5. The van der Waals surface area contributed by atoms with E-state index in [0.29, 0.717) is 16.0 Å². The molecule has 0 saturated carbocycles. The Morgan fingerprint density at radius 3 is 2.38 bits per heavy atom. The highest BCUT2D eigenvalue weighted by atomic mass is 79.9. The Labute approximate surface area is 117 Å². The first-order valence-corrected chi connectivity index (χ1v) is 10.4. The van der Waals surface area contributed by atoms with Crippen molar-refractivity contribution in [1.82, 2.24) is 0 Å². The topological polar surface area (TPSA) is 9.23 Å². The van der Waals surface area contributed by atoms with E-state index in [2.05, 4.69) is 71.8 Å². The summed E-state index contributed by atoms with van der Waals surface area (Å²) in [6.07, 6.45) is 4.73. The number of halogens is 2. The van der Waals surface area contributed by atoms with Crippen LogP contribution in [0.3, 0.4) is 0 Å². The molecule has 1 aliphatic rings. The summed E-state index contributed by atoms with van der Waals surface area (Å²) in [5, 5.41) is 0.299. The number of hydrogen-bond donors (Lipinski definition) is 0. The highest BCUT2D eigenvalue weighted by Gasteiger charge is 2.39. The summed E-state index contributed by atoms with van der Waals surface area (Å²) in [5.74, 6) is 0. The second-order valence-electron chi connectivity index (χ2n) is 6.03. The van der Waals surface area contributed by atoms with Gasteiger partial charge in [-0.15, -0.1) is 0 Å². The van der Waals surface area contributed by atoms with Gasteiger partial charge in [-0.1, -0.05) is 58.7 Å². The van der Waals surface area contributed by atoms with Gasteiger partial charge in [0.25, 0.3) is 0 Å². The monoisotopic (exact) mass is 368 g/mol. The van der Waals surface area contributed by atoms with E-state index in [4.69, 9.17) is 4.43 Å². The normalized spacial score (nSPS) is 27.8. The predicted octanol–water partition coefficient (Wildman–Crippen LogP) is 5.21. The third-order valence-electron chi connectivity index (χ3n) is 3.61. The average molecular weight is 370 g/mol. The van der Waals surface area contributed by atoms with Crippen LogP contribution < -0.4 is 0 Å². The predicted molar refractivity (Wildman–Crippen MR) is 81.0 cm³/mol. The van der Waals surface area contributed by atoms with E-state index in [1.165, 1.54) is 4.48 Å². The lowest BCUT2D eigenvalue weighted by Crippen LogP contribution is -2.44. The van der Waals surface area contributed by atoms with Crippen LogP contribution in [0.25, 0.3) is 0 Å². The standard InChI is InChI=1S/C12H22Br2OSi/c1-12(2,3)16(4,5)15-9-6-7-10(13)11(14)8-9/h7,9,11H,6,8H2,1-5H3. The molecule has 0 aromatic heterocycles. The van der Waals surface area contributed by atoms with Gasteiger partial charge in [0.15, 0.2) is 8.32 Å². The van der Waals surface area contributed by atoms with Gasteiger partial charge in [0, 0.05) is 15.4 Å². The zero-order chi connectivity index (χ0) is 12.6. The fraction of sp³-hybridized carbons (Fsp3) is 0.833. The Kier molecular flexibility index (Phi) is 4.90. The van der Waals surface area contributed by atoms with Crippen LogP contribution in [0.5, 0.6) is 0 Å². The Bertz CT molecular complexity index is 281.